The van der Waals surface area contributed by atoms with Gasteiger partial charge in [0.1, 0.15) is 0 Å². The number of esters is 1. The van der Waals surface area contributed by atoms with Gasteiger partial charge in [-0.2, -0.15) is 0 Å². The third-order valence-corrected chi connectivity index (χ3v) is 2.85. The van der Waals surface area contributed by atoms with E-state index in [9.17, 15) is 4.79 Å². The Balaban J connectivity index is 1.97. The molecule has 3 atom stereocenters. The maximum atomic E-state index is 11.3. The molecule has 1 aliphatic carbocycles. The molecule has 0 aromatic heterocycles. The van der Waals surface area contributed by atoms with Crippen LogP contribution in [0.5, 0.6) is 0 Å². The van der Waals surface area contributed by atoms with Crippen molar-refractivity contribution in [1.29, 1.82) is 0 Å². The Morgan fingerprint density at radius 1 is 1.29 bits per heavy atom. The van der Waals surface area contributed by atoms with Crippen LogP contribution in [0.25, 0.3) is 0 Å². The van der Waals surface area contributed by atoms with Crippen molar-refractivity contribution < 1.29 is 19.0 Å². The molecule has 0 aromatic carbocycles. The van der Waals surface area contributed by atoms with E-state index >= 15 is 0 Å². The number of carbonyl (C=O) groups excluding carboxylic acids is 1. The zero-order valence-electron chi connectivity index (χ0n) is 8.78. The minimum absolute atomic E-state index is 0.0499. The van der Waals surface area contributed by atoms with E-state index in [4.69, 9.17) is 14.2 Å². The fraction of sp³-hybridized carbons (Fsp3) is 0.900. The molecule has 0 bridgehead atoms. The molecule has 80 valence electrons. The van der Waals surface area contributed by atoms with Gasteiger partial charge in [-0.05, 0) is 26.7 Å². The fourth-order valence-corrected chi connectivity index (χ4v) is 2.32. The second kappa shape index (κ2) is 3.21. The first-order valence-electron chi connectivity index (χ1n) is 4.95. The zero-order chi connectivity index (χ0) is 10.3. The Morgan fingerprint density at radius 3 is 2.21 bits per heavy atom. The molecule has 1 saturated heterocycles. The Kier molecular flexibility index (Phi) is 2.27. The van der Waals surface area contributed by atoms with Gasteiger partial charge in [0.2, 0.25) is 0 Å². The Morgan fingerprint density at radius 2 is 1.79 bits per heavy atom. The van der Waals surface area contributed by atoms with Crippen molar-refractivity contribution in [2.45, 2.75) is 44.7 Å². The molecule has 1 saturated carbocycles. The van der Waals surface area contributed by atoms with Gasteiger partial charge in [0, 0.05) is 0 Å². The van der Waals surface area contributed by atoms with Crippen LogP contribution in [0.1, 0.15) is 26.7 Å². The molecule has 0 N–H and O–H groups in total. The maximum absolute atomic E-state index is 11.3. The van der Waals surface area contributed by atoms with Crippen LogP contribution in [0.15, 0.2) is 0 Å². The van der Waals surface area contributed by atoms with Crippen LogP contribution in [-0.4, -0.2) is 31.1 Å². The van der Waals surface area contributed by atoms with Crippen LogP contribution in [-0.2, 0) is 19.0 Å². The highest BCUT2D eigenvalue weighted by Gasteiger charge is 2.49. The number of hydrogen-bond donors (Lipinski definition) is 0. The quantitative estimate of drug-likeness (QED) is 0.594. The second-order valence-corrected chi connectivity index (χ2v) is 4.40. The predicted molar refractivity (Wildman–Crippen MR) is 48.6 cm³/mol. The molecule has 2 fully saturated rings. The molecule has 1 unspecified atom stereocenters. The van der Waals surface area contributed by atoms with Gasteiger partial charge >= 0.3 is 5.97 Å². The molecule has 4 heteroatoms. The summed E-state index contributed by atoms with van der Waals surface area (Å²) >= 11 is 0. The first kappa shape index (κ1) is 9.93. The van der Waals surface area contributed by atoms with E-state index in [1.54, 1.807) is 0 Å². The normalized spacial score (nSPS) is 39.5. The Hall–Kier alpha value is -0.610. The van der Waals surface area contributed by atoms with E-state index in [-0.39, 0.29) is 24.1 Å². The first-order chi connectivity index (χ1) is 6.52. The summed E-state index contributed by atoms with van der Waals surface area (Å²) in [5.41, 5.74) is 0. The molecule has 2 aliphatic rings. The maximum Gasteiger partial charge on any atom is 0.308 e. The van der Waals surface area contributed by atoms with E-state index in [1.807, 2.05) is 13.8 Å². The monoisotopic (exact) mass is 200 g/mol. The van der Waals surface area contributed by atoms with Crippen LogP contribution in [0, 0.1) is 5.92 Å². The minimum Gasteiger partial charge on any atom is -0.469 e. The van der Waals surface area contributed by atoms with Crippen molar-refractivity contribution in [1.82, 2.24) is 0 Å². The summed E-state index contributed by atoms with van der Waals surface area (Å²) in [4.78, 5) is 11.3. The van der Waals surface area contributed by atoms with Crippen LogP contribution in [0.2, 0.25) is 0 Å². The molecule has 2 rings (SSSR count). The van der Waals surface area contributed by atoms with Crippen LogP contribution >= 0.6 is 0 Å². The number of fused-ring (bicyclic) bond motifs is 1. The van der Waals surface area contributed by atoms with E-state index in [0.29, 0.717) is 0 Å². The molecule has 14 heavy (non-hydrogen) atoms. The topological polar surface area (TPSA) is 44.8 Å². The van der Waals surface area contributed by atoms with Crippen molar-refractivity contribution in [2.24, 2.45) is 5.92 Å². The Bertz CT molecular complexity index is 233. The van der Waals surface area contributed by atoms with E-state index < -0.39 is 5.79 Å². The molecule has 0 spiro atoms. The lowest BCUT2D eigenvalue weighted by Gasteiger charge is -2.19. The summed E-state index contributed by atoms with van der Waals surface area (Å²) in [6, 6.07) is 0. The highest BCUT2D eigenvalue weighted by Crippen LogP contribution is 2.41. The van der Waals surface area contributed by atoms with Crippen molar-refractivity contribution >= 4 is 5.97 Å². The Labute approximate surface area is 83.5 Å². The van der Waals surface area contributed by atoms with Crippen molar-refractivity contribution in [2.75, 3.05) is 7.11 Å². The first-order valence-corrected chi connectivity index (χ1v) is 4.95. The molecule has 0 amide bonds. The predicted octanol–water partition coefficient (Wildman–Crippen LogP) is 1.09. The van der Waals surface area contributed by atoms with Gasteiger partial charge in [0.15, 0.2) is 5.79 Å². The number of ether oxygens (including phenoxy) is 3. The van der Waals surface area contributed by atoms with Gasteiger partial charge in [-0.1, -0.05) is 0 Å². The summed E-state index contributed by atoms with van der Waals surface area (Å²) in [5, 5.41) is 0. The summed E-state index contributed by atoms with van der Waals surface area (Å²) in [7, 11) is 1.42. The highest BCUT2D eigenvalue weighted by atomic mass is 16.8. The minimum atomic E-state index is -0.490. The van der Waals surface area contributed by atoms with E-state index in [1.165, 1.54) is 7.11 Å². The van der Waals surface area contributed by atoms with Gasteiger partial charge < -0.3 is 14.2 Å². The smallest absolute Gasteiger partial charge is 0.308 e. The van der Waals surface area contributed by atoms with Gasteiger partial charge in [-0.25, -0.2) is 0 Å². The van der Waals surface area contributed by atoms with Crippen LogP contribution < -0.4 is 0 Å². The fourth-order valence-electron chi connectivity index (χ4n) is 2.32. The lowest BCUT2D eigenvalue weighted by molar-refractivity contribution is -0.162. The molecule has 1 heterocycles. The van der Waals surface area contributed by atoms with Crippen molar-refractivity contribution in [3.05, 3.63) is 0 Å². The number of carbonyl (C=O) groups is 1. The average Bonchev–Trinajstić information content (AvgIpc) is 2.56. The average molecular weight is 200 g/mol. The molecule has 0 radical (unpaired) electrons. The summed E-state index contributed by atoms with van der Waals surface area (Å²) in [6.07, 6.45) is 1.57. The van der Waals surface area contributed by atoms with Gasteiger partial charge in [-0.3, -0.25) is 4.79 Å². The van der Waals surface area contributed by atoms with Crippen LogP contribution in [0.3, 0.4) is 0 Å². The SMILES string of the molecule is COC(=O)C1C[C@@H]2OC(C)(C)O[C@@H]2C1. The van der Waals surface area contributed by atoms with Crippen molar-refractivity contribution in [3.8, 4) is 0 Å². The molecule has 1 aliphatic heterocycles. The number of methoxy groups -OCH3 is 1. The lowest BCUT2D eigenvalue weighted by Crippen LogP contribution is -2.24. The largest absolute Gasteiger partial charge is 0.469 e. The zero-order valence-corrected chi connectivity index (χ0v) is 8.78. The standard InChI is InChI=1S/C10H16O4/c1-10(2)13-7-4-6(9(11)12-3)5-8(7)14-10/h6-8H,4-5H2,1-3H3/t6?,7-,8+. The number of hydrogen-bond acceptors (Lipinski definition) is 4. The number of rotatable bonds is 1. The summed E-state index contributed by atoms with van der Waals surface area (Å²) in [5.74, 6) is -0.688. The molecule has 4 nitrogen and oxygen atoms in total. The highest BCUT2D eigenvalue weighted by molar-refractivity contribution is 5.72. The van der Waals surface area contributed by atoms with Crippen molar-refractivity contribution in [3.63, 3.8) is 0 Å². The van der Waals surface area contributed by atoms with E-state index in [2.05, 4.69) is 0 Å². The van der Waals surface area contributed by atoms with E-state index in [0.717, 1.165) is 12.8 Å². The molecule has 0 aromatic rings. The molecular formula is C10H16O4. The second-order valence-electron chi connectivity index (χ2n) is 4.40. The lowest BCUT2D eigenvalue weighted by atomic mass is 10.1. The third-order valence-electron chi connectivity index (χ3n) is 2.85. The van der Waals surface area contributed by atoms with Gasteiger partial charge in [0.25, 0.3) is 0 Å². The van der Waals surface area contributed by atoms with Gasteiger partial charge in [-0.15, -0.1) is 0 Å². The third kappa shape index (κ3) is 1.64. The van der Waals surface area contributed by atoms with Crippen LogP contribution in [0.4, 0.5) is 0 Å². The summed E-state index contributed by atoms with van der Waals surface area (Å²) < 4.78 is 16.0. The summed E-state index contributed by atoms with van der Waals surface area (Å²) in [6.45, 7) is 3.80. The molecular weight excluding hydrogens is 184 g/mol. The van der Waals surface area contributed by atoms with Gasteiger partial charge in [0.05, 0.1) is 25.2 Å².